The van der Waals surface area contributed by atoms with Crippen LogP contribution < -0.4 is 10.5 Å². The third-order valence-corrected chi connectivity index (χ3v) is 10.4. The number of nitrogens with zero attached hydrogens (tertiary/aromatic N) is 2. The van der Waals surface area contributed by atoms with E-state index in [9.17, 15) is 14.4 Å². The van der Waals surface area contributed by atoms with Crippen molar-refractivity contribution in [1.82, 2.24) is 9.47 Å². The Balaban J connectivity index is 1.14. The van der Waals surface area contributed by atoms with Crippen molar-refractivity contribution in [1.29, 1.82) is 0 Å². The molecule has 0 unspecified atom stereocenters. The van der Waals surface area contributed by atoms with Crippen molar-refractivity contribution in [3.05, 3.63) is 92.0 Å². The number of carbonyl (C=O) groups is 3. The van der Waals surface area contributed by atoms with Gasteiger partial charge in [-0.3, -0.25) is 19.1 Å². The van der Waals surface area contributed by atoms with Gasteiger partial charge in [0.1, 0.15) is 5.75 Å². The standard InChI is InChI=1S/C39H45BrClN3O6/c1-4-43(30-10-6-5-7-11-30)24-28-20-27(21-34(40)37(28)42)39(47)50-19-9-8-18-49-36(45)23-32-25(2)44(35-17-16-31(48-3)22-33(32)35)38(46)26-12-14-29(41)15-13-26/h12-17,20-22,30H,4-11,18-19,23-24,42H2,1-3H3. The van der Waals surface area contributed by atoms with E-state index in [0.717, 1.165) is 17.5 Å². The summed E-state index contributed by atoms with van der Waals surface area (Å²) in [6.45, 7) is 5.95. The summed E-state index contributed by atoms with van der Waals surface area (Å²) < 4.78 is 18.8. The number of nitrogen functional groups attached to an aromatic ring is 1. The summed E-state index contributed by atoms with van der Waals surface area (Å²) in [5.74, 6) is -0.448. The zero-order valence-electron chi connectivity index (χ0n) is 28.9. The van der Waals surface area contributed by atoms with Crippen molar-refractivity contribution in [3.63, 3.8) is 0 Å². The molecule has 0 saturated heterocycles. The molecule has 11 heteroatoms. The number of carbonyl (C=O) groups excluding carboxylic acids is 3. The Kier molecular flexibility index (Phi) is 13.0. The smallest absolute Gasteiger partial charge is 0.338 e. The second kappa shape index (κ2) is 17.4. The predicted molar refractivity (Wildman–Crippen MR) is 200 cm³/mol. The molecule has 1 heterocycles. The van der Waals surface area contributed by atoms with Gasteiger partial charge in [0.15, 0.2) is 0 Å². The van der Waals surface area contributed by atoms with E-state index >= 15 is 0 Å². The van der Waals surface area contributed by atoms with Gasteiger partial charge < -0.3 is 19.9 Å². The molecule has 0 spiro atoms. The van der Waals surface area contributed by atoms with Gasteiger partial charge in [-0.05, 0) is 121 Å². The molecule has 50 heavy (non-hydrogen) atoms. The molecule has 0 bridgehead atoms. The van der Waals surface area contributed by atoms with Gasteiger partial charge in [0.05, 0.1) is 43.5 Å². The van der Waals surface area contributed by atoms with Gasteiger partial charge >= 0.3 is 11.9 Å². The summed E-state index contributed by atoms with van der Waals surface area (Å²) in [6.07, 6.45) is 7.21. The molecule has 0 aliphatic heterocycles. The van der Waals surface area contributed by atoms with Crippen LogP contribution >= 0.6 is 27.5 Å². The Morgan fingerprint density at radius 2 is 1.66 bits per heavy atom. The summed E-state index contributed by atoms with van der Waals surface area (Å²) in [4.78, 5) is 42.0. The monoisotopic (exact) mass is 765 g/mol. The predicted octanol–water partition coefficient (Wildman–Crippen LogP) is 8.52. The first kappa shape index (κ1) is 37.4. The van der Waals surface area contributed by atoms with Crippen LogP contribution in [-0.2, 0) is 27.2 Å². The average Bonchev–Trinajstić information content (AvgIpc) is 3.39. The van der Waals surface area contributed by atoms with Gasteiger partial charge in [-0.15, -0.1) is 0 Å². The van der Waals surface area contributed by atoms with Crippen molar-refractivity contribution in [3.8, 4) is 5.75 Å². The first-order valence-electron chi connectivity index (χ1n) is 17.2. The van der Waals surface area contributed by atoms with E-state index in [0.29, 0.717) is 74.3 Å². The van der Waals surface area contributed by atoms with Crippen molar-refractivity contribution in [2.24, 2.45) is 0 Å². The number of esters is 2. The summed E-state index contributed by atoms with van der Waals surface area (Å²) in [6, 6.07) is 16.2. The number of methoxy groups -OCH3 is 1. The van der Waals surface area contributed by atoms with Crippen molar-refractivity contribution in [2.45, 2.75) is 77.8 Å². The number of benzene rings is 3. The Hall–Kier alpha value is -3.86. The minimum atomic E-state index is -0.417. The Morgan fingerprint density at radius 1 is 0.960 bits per heavy atom. The maximum absolute atomic E-state index is 13.5. The Morgan fingerprint density at radius 3 is 2.34 bits per heavy atom. The minimum absolute atomic E-state index is 0.0179. The lowest BCUT2D eigenvalue weighted by atomic mass is 9.93. The lowest BCUT2D eigenvalue weighted by Crippen LogP contribution is -2.36. The van der Waals surface area contributed by atoms with Crippen molar-refractivity contribution >= 4 is 62.0 Å². The summed E-state index contributed by atoms with van der Waals surface area (Å²) in [5.41, 5.74) is 10.9. The molecule has 5 rings (SSSR count). The molecule has 2 N–H and O–H groups in total. The van der Waals surface area contributed by atoms with E-state index in [1.807, 2.05) is 25.1 Å². The lowest BCUT2D eigenvalue weighted by Gasteiger charge is -2.34. The van der Waals surface area contributed by atoms with E-state index in [-0.39, 0.29) is 25.5 Å². The fraction of sp³-hybridized carbons (Fsp3) is 0.410. The highest BCUT2D eigenvalue weighted by Gasteiger charge is 2.24. The zero-order valence-corrected chi connectivity index (χ0v) is 31.3. The third-order valence-electron chi connectivity index (χ3n) is 9.51. The van der Waals surface area contributed by atoms with E-state index in [2.05, 4.69) is 27.8 Å². The van der Waals surface area contributed by atoms with Gasteiger partial charge in [0.25, 0.3) is 5.91 Å². The largest absolute Gasteiger partial charge is 0.497 e. The number of hydrogen-bond donors (Lipinski definition) is 1. The van der Waals surface area contributed by atoms with Crippen LogP contribution in [-0.4, -0.2) is 60.2 Å². The molecule has 266 valence electrons. The van der Waals surface area contributed by atoms with Crippen LogP contribution in [0.15, 0.2) is 59.1 Å². The molecule has 1 aromatic heterocycles. The van der Waals surface area contributed by atoms with Crippen LogP contribution in [0.25, 0.3) is 10.9 Å². The molecule has 0 amide bonds. The lowest BCUT2D eigenvalue weighted by molar-refractivity contribution is -0.143. The van der Waals surface area contributed by atoms with E-state index in [1.165, 1.54) is 32.1 Å². The topological polar surface area (TPSA) is 113 Å². The maximum atomic E-state index is 13.5. The molecule has 4 aromatic rings. The average molecular weight is 767 g/mol. The van der Waals surface area contributed by atoms with Gasteiger partial charge in [0, 0.05) is 38.7 Å². The van der Waals surface area contributed by atoms with E-state index in [1.54, 1.807) is 48.1 Å². The molecule has 1 aliphatic rings. The fourth-order valence-corrected chi connectivity index (χ4v) is 7.34. The van der Waals surface area contributed by atoms with Crippen LogP contribution in [0.4, 0.5) is 5.69 Å². The number of fused-ring (bicyclic) bond motifs is 1. The first-order chi connectivity index (χ1) is 24.1. The number of ether oxygens (including phenoxy) is 3. The van der Waals surface area contributed by atoms with Crippen LogP contribution in [0, 0.1) is 6.92 Å². The van der Waals surface area contributed by atoms with Gasteiger partial charge in [-0.2, -0.15) is 0 Å². The number of nitrogens with two attached hydrogens (primary N) is 1. The molecule has 1 saturated carbocycles. The Bertz CT molecular complexity index is 1830. The number of unbranched alkanes of at least 4 members (excludes halogenated alkanes) is 1. The summed E-state index contributed by atoms with van der Waals surface area (Å²) >= 11 is 9.56. The van der Waals surface area contributed by atoms with Gasteiger partial charge in [-0.25, -0.2) is 4.79 Å². The molecule has 0 radical (unpaired) electrons. The second-order valence-electron chi connectivity index (χ2n) is 12.7. The van der Waals surface area contributed by atoms with Crippen LogP contribution in [0.2, 0.25) is 5.02 Å². The minimum Gasteiger partial charge on any atom is -0.497 e. The summed E-state index contributed by atoms with van der Waals surface area (Å²) in [5, 5.41) is 1.27. The number of hydrogen-bond acceptors (Lipinski definition) is 8. The molecular weight excluding hydrogens is 722 g/mol. The molecule has 3 aromatic carbocycles. The molecule has 1 fully saturated rings. The van der Waals surface area contributed by atoms with Crippen molar-refractivity contribution < 1.29 is 28.6 Å². The second-order valence-corrected chi connectivity index (χ2v) is 14.0. The van der Waals surface area contributed by atoms with Crippen LogP contribution in [0.1, 0.15) is 89.4 Å². The van der Waals surface area contributed by atoms with Crippen LogP contribution in [0.5, 0.6) is 5.75 Å². The molecular formula is C39H45BrClN3O6. The molecule has 0 atom stereocenters. The number of aromatic nitrogens is 1. The van der Waals surface area contributed by atoms with Crippen molar-refractivity contribution in [2.75, 3.05) is 32.6 Å². The quantitative estimate of drug-likeness (QED) is 0.0773. The highest BCUT2D eigenvalue weighted by atomic mass is 79.9. The Labute approximate surface area is 307 Å². The maximum Gasteiger partial charge on any atom is 0.338 e. The number of rotatable bonds is 14. The fourth-order valence-electron chi connectivity index (χ4n) is 6.72. The number of anilines is 1. The first-order valence-corrected chi connectivity index (χ1v) is 18.4. The van der Waals surface area contributed by atoms with E-state index < -0.39 is 11.9 Å². The zero-order chi connectivity index (χ0) is 35.8. The summed E-state index contributed by atoms with van der Waals surface area (Å²) in [7, 11) is 1.57. The van der Waals surface area contributed by atoms with Crippen LogP contribution in [0.3, 0.4) is 0 Å². The van der Waals surface area contributed by atoms with E-state index in [4.69, 9.17) is 31.5 Å². The van der Waals surface area contributed by atoms with Gasteiger partial charge in [-0.1, -0.05) is 37.8 Å². The SMILES string of the molecule is CCN(Cc1cc(C(=O)OCCCCOC(=O)Cc2c(C)n(C(=O)c3ccc(Cl)cc3)c3ccc(OC)cc23)cc(Br)c1N)C1CCCCC1. The highest BCUT2D eigenvalue weighted by Crippen LogP contribution is 2.32. The normalized spacial score (nSPS) is 13.5. The number of halogens is 2. The molecule has 9 nitrogen and oxygen atoms in total. The highest BCUT2D eigenvalue weighted by molar-refractivity contribution is 9.10. The molecule has 1 aliphatic carbocycles. The third kappa shape index (κ3) is 8.89. The van der Waals surface area contributed by atoms with Gasteiger partial charge in [0.2, 0.25) is 0 Å².